The topological polar surface area (TPSA) is 108 Å². The van der Waals surface area contributed by atoms with Crippen molar-refractivity contribution in [2.75, 3.05) is 10.6 Å². The fourth-order valence-corrected chi connectivity index (χ4v) is 1.60. The number of anilines is 2. The number of carbonyl (C=O) groups excluding carboxylic acids is 2. The Hall–Kier alpha value is -2.35. The highest BCUT2D eigenvalue weighted by atomic mass is 16.5. The first-order chi connectivity index (χ1) is 10.8. The summed E-state index contributed by atoms with van der Waals surface area (Å²) in [5.74, 6) is -0.944. The second-order valence-corrected chi connectivity index (χ2v) is 4.83. The van der Waals surface area contributed by atoms with E-state index in [4.69, 9.17) is 5.02 Å². The Labute approximate surface area is 135 Å². The first-order valence-electron chi connectivity index (χ1n) is 6.64. The number of rotatable bonds is 7. The molecular weight excluding hydrogens is 298 g/mol. The minimum absolute atomic E-state index is 0.129. The van der Waals surface area contributed by atoms with E-state index in [1.54, 1.807) is 6.07 Å². The molecule has 7 nitrogen and oxygen atoms in total. The predicted molar refractivity (Wildman–Crippen MR) is 90.0 cm³/mol. The summed E-state index contributed by atoms with van der Waals surface area (Å²) < 4.78 is 4.60. The number of hydrogen-bond acceptors (Lipinski definition) is 5. The average molecular weight is 315 g/mol. The lowest BCUT2D eigenvalue weighted by molar-refractivity contribution is -0.113. The van der Waals surface area contributed by atoms with Gasteiger partial charge in [0.2, 0.25) is 0 Å². The van der Waals surface area contributed by atoms with Crippen LogP contribution >= 0.6 is 0 Å². The highest BCUT2D eigenvalue weighted by Crippen LogP contribution is 2.21. The lowest BCUT2D eigenvalue weighted by atomic mass is 9.76. The number of hydrogen-bond donors (Lipinski definition) is 4. The molecule has 1 aromatic rings. The number of benzene rings is 1. The molecule has 0 bridgehead atoms. The molecular formula is C14H17B2N2O5. The maximum atomic E-state index is 11.9. The normalized spacial score (nSPS) is 9.74. The highest BCUT2D eigenvalue weighted by Gasteiger charge is 2.24. The van der Waals surface area contributed by atoms with E-state index >= 15 is 0 Å². The standard InChI is InChI=1S/C14H17B2N2O5/c1-8(2)13(19)17-11-7-5-6-10(16(22)23-15-21)12(11)18-14(20)9(3)4/h5-7,21-22H,1,3H2,2,4H3,(H,17,19)(H,18,20). The molecule has 0 unspecified atom stereocenters. The van der Waals surface area contributed by atoms with Crippen LogP contribution < -0.4 is 16.1 Å². The van der Waals surface area contributed by atoms with Gasteiger partial charge >= 0.3 is 14.8 Å². The Kier molecular flexibility index (Phi) is 6.77. The summed E-state index contributed by atoms with van der Waals surface area (Å²) >= 11 is 0. The smallest absolute Gasteiger partial charge is 0.449 e. The summed E-state index contributed by atoms with van der Waals surface area (Å²) in [6.45, 7) is 10.1. The van der Waals surface area contributed by atoms with Gasteiger partial charge in [0.25, 0.3) is 11.8 Å². The van der Waals surface area contributed by atoms with Crippen molar-refractivity contribution in [2.45, 2.75) is 13.8 Å². The van der Waals surface area contributed by atoms with Gasteiger partial charge in [-0.1, -0.05) is 25.3 Å². The van der Waals surface area contributed by atoms with Crippen molar-refractivity contribution in [2.24, 2.45) is 0 Å². The van der Waals surface area contributed by atoms with Crippen LogP contribution in [-0.2, 0) is 14.2 Å². The molecule has 119 valence electrons. The number of carbonyl (C=O) groups is 2. The fraction of sp³-hybridized carbons (Fsp3) is 0.143. The van der Waals surface area contributed by atoms with Crippen molar-refractivity contribution in [3.63, 3.8) is 0 Å². The average Bonchev–Trinajstić information content (AvgIpc) is 2.48. The molecule has 4 N–H and O–H groups in total. The number of para-hydroxylation sites is 1. The van der Waals surface area contributed by atoms with Crippen LogP contribution in [0.25, 0.3) is 0 Å². The minimum Gasteiger partial charge on any atom is -0.449 e. The van der Waals surface area contributed by atoms with Gasteiger partial charge in [0.1, 0.15) is 0 Å². The summed E-state index contributed by atoms with van der Waals surface area (Å²) in [5.41, 5.74) is 1.02. The zero-order chi connectivity index (χ0) is 17.6. The van der Waals surface area contributed by atoms with Gasteiger partial charge in [-0.05, 0) is 19.9 Å². The Morgan fingerprint density at radius 3 is 2.26 bits per heavy atom. The molecule has 0 spiro atoms. The third-order valence-electron chi connectivity index (χ3n) is 2.81. The highest BCUT2D eigenvalue weighted by molar-refractivity contribution is 6.66. The summed E-state index contributed by atoms with van der Waals surface area (Å²) in [5, 5.41) is 23.7. The van der Waals surface area contributed by atoms with E-state index in [1.807, 2.05) is 0 Å². The first kappa shape index (κ1) is 18.7. The van der Waals surface area contributed by atoms with Crippen LogP contribution in [0.3, 0.4) is 0 Å². The summed E-state index contributed by atoms with van der Waals surface area (Å²) in [6, 6.07) is 4.55. The minimum atomic E-state index is -1.54. The lowest BCUT2D eigenvalue weighted by Gasteiger charge is -2.18. The van der Waals surface area contributed by atoms with E-state index in [0.717, 1.165) is 0 Å². The molecule has 0 aliphatic carbocycles. The third kappa shape index (κ3) is 5.10. The number of nitrogens with one attached hydrogen (secondary N) is 2. The number of amides is 2. The SMILES string of the molecule is C=C(C)C(=O)Nc1cccc(B(O)O[B]O)c1NC(=O)C(=C)C. The van der Waals surface area contributed by atoms with Crippen molar-refractivity contribution in [1.29, 1.82) is 0 Å². The molecule has 23 heavy (non-hydrogen) atoms. The molecule has 0 heterocycles. The third-order valence-corrected chi connectivity index (χ3v) is 2.81. The Bertz CT molecular complexity index is 648. The zero-order valence-electron chi connectivity index (χ0n) is 12.9. The van der Waals surface area contributed by atoms with Crippen LogP contribution in [0.4, 0.5) is 11.4 Å². The molecule has 0 atom stereocenters. The maximum Gasteiger partial charge on any atom is 0.479 e. The van der Waals surface area contributed by atoms with Gasteiger partial charge < -0.3 is 25.3 Å². The van der Waals surface area contributed by atoms with Crippen molar-refractivity contribution in [3.05, 3.63) is 42.5 Å². The molecule has 0 fully saturated rings. The lowest BCUT2D eigenvalue weighted by Crippen LogP contribution is -2.38. The molecule has 0 aromatic heterocycles. The predicted octanol–water partition coefficient (Wildman–Crippen LogP) is -0.0536. The van der Waals surface area contributed by atoms with Gasteiger partial charge in [-0.15, -0.1) is 0 Å². The summed E-state index contributed by atoms with van der Waals surface area (Å²) in [4.78, 5) is 23.7. The molecule has 9 heteroatoms. The van der Waals surface area contributed by atoms with Gasteiger partial charge in [0.05, 0.1) is 11.4 Å². The van der Waals surface area contributed by atoms with Crippen molar-refractivity contribution >= 4 is 43.5 Å². The van der Waals surface area contributed by atoms with Crippen LogP contribution in [0.2, 0.25) is 0 Å². The molecule has 1 rings (SSSR count). The molecule has 0 saturated heterocycles. The molecule has 0 aliphatic heterocycles. The monoisotopic (exact) mass is 315 g/mol. The van der Waals surface area contributed by atoms with Crippen molar-refractivity contribution < 1.29 is 24.2 Å². The van der Waals surface area contributed by atoms with Crippen molar-refractivity contribution in [1.82, 2.24) is 0 Å². The molecule has 0 aliphatic rings. The molecule has 1 aromatic carbocycles. The maximum absolute atomic E-state index is 11.9. The molecule has 0 saturated carbocycles. The quantitative estimate of drug-likeness (QED) is 0.417. The van der Waals surface area contributed by atoms with E-state index < -0.39 is 18.9 Å². The van der Waals surface area contributed by atoms with Gasteiger partial charge in [0.15, 0.2) is 0 Å². The Balaban J connectivity index is 3.29. The second kappa shape index (κ2) is 8.33. The van der Waals surface area contributed by atoms with Gasteiger partial charge in [-0.3, -0.25) is 9.59 Å². The fourth-order valence-electron chi connectivity index (χ4n) is 1.60. The second-order valence-electron chi connectivity index (χ2n) is 4.83. The van der Waals surface area contributed by atoms with Crippen LogP contribution in [-0.4, -0.2) is 36.7 Å². The zero-order valence-corrected chi connectivity index (χ0v) is 12.9. The van der Waals surface area contributed by atoms with Crippen LogP contribution in [0.1, 0.15) is 13.8 Å². The van der Waals surface area contributed by atoms with E-state index in [2.05, 4.69) is 28.4 Å². The Morgan fingerprint density at radius 2 is 1.74 bits per heavy atom. The van der Waals surface area contributed by atoms with E-state index in [1.165, 1.54) is 26.0 Å². The largest absolute Gasteiger partial charge is 0.479 e. The Morgan fingerprint density at radius 1 is 1.17 bits per heavy atom. The van der Waals surface area contributed by atoms with Crippen LogP contribution in [0.5, 0.6) is 0 Å². The van der Waals surface area contributed by atoms with E-state index in [-0.39, 0.29) is 28.0 Å². The summed E-state index contributed by atoms with van der Waals surface area (Å²) in [6.07, 6.45) is 0. The summed E-state index contributed by atoms with van der Waals surface area (Å²) in [7, 11) is -1.21. The van der Waals surface area contributed by atoms with Crippen LogP contribution in [0.15, 0.2) is 42.5 Å². The van der Waals surface area contributed by atoms with Gasteiger partial charge in [-0.25, -0.2) is 0 Å². The van der Waals surface area contributed by atoms with E-state index in [0.29, 0.717) is 7.69 Å². The van der Waals surface area contributed by atoms with Crippen LogP contribution in [0, 0.1) is 0 Å². The molecule has 1 radical (unpaired) electrons. The first-order valence-corrected chi connectivity index (χ1v) is 6.64. The van der Waals surface area contributed by atoms with Crippen molar-refractivity contribution in [3.8, 4) is 0 Å². The van der Waals surface area contributed by atoms with Gasteiger partial charge in [0, 0.05) is 16.6 Å². The van der Waals surface area contributed by atoms with E-state index in [9.17, 15) is 14.6 Å². The van der Waals surface area contributed by atoms with Gasteiger partial charge in [-0.2, -0.15) is 0 Å². The molecule has 2 amide bonds.